The normalized spacial score (nSPS) is 21.1. The molecular formula is C20H15NO5. The number of benzene rings is 2. The van der Waals surface area contributed by atoms with Crippen LogP contribution in [0.4, 0.5) is 5.69 Å². The first-order chi connectivity index (χ1) is 12.7. The zero-order valence-electron chi connectivity index (χ0n) is 13.8. The van der Waals surface area contributed by atoms with Crippen LogP contribution in [-0.2, 0) is 14.3 Å². The van der Waals surface area contributed by atoms with Crippen molar-refractivity contribution >= 4 is 17.6 Å². The van der Waals surface area contributed by atoms with Crippen LogP contribution in [0.1, 0.15) is 17.9 Å². The highest BCUT2D eigenvalue weighted by Gasteiger charge is 2.43. The van der Waals surface area contributed by atoms with E-state index in [4.69, 9.17) is 14.2 Å². The third kappa shape index (κ3) is 2.19. The number of carbonyl (C=O) groups is 2. The molecule has 0 spiro atoms. The second-order valence-electron chi connectivity index (χ2n) is 6.37. The molecule has 2 aromatic rings. The van der Waals surface area contributed by atoms with E-state index in [-0.39, 0.29) is 37.6 Å². The van der Waals surface area contributed by atoms with Crippen molar-refractivity contribution in [2.75, 3.05) is 18.3 Å². The van der Waals surface area contributed by atoms with E-state index in [1.165, 1.54) is 0 Å². The molecule has 3 aliphatic rings. The van der Waals surface area contributed by atoms with Gasteiger partial charge in [-0.15, -0.1) is 0 Å². The van der Waals surface area contributed by atoms with Crippen LogP contribution in [-0.4, -0.2) is 25.3 Å². The van der Waals surface area contributed by atoms with Gasteiger partial charge in [0.1, 0.15) is 6.61 Å². The number of amides is 1. The molecule has 26 heavy (non-hydrogen) atoms. The molecular weight excluding hydrogens is 334 g/mol. The summed E-state index contributed by atoms with van der Waals surface area (Å²) in [5.41, 5.74) is 2.77. The minimum Gasteiger partial charge on any atom is -0.456 e. The number of fused-ring (bicyclic) bond motifs is 1. The van der Waals surface area contributed by atoms with Gasteiger partial charge in [0, 0.05) is 18.0 Å². The van der Waals surface area contributed by atoms with Crippen LogP contribution in [0.15, 0.2) is 59.8 Å². The predicted molar refractivity (Wildman–Crippen MR) is 91.8 cm³/mol. The summed E-state index contributed by atoms with van der Waals surface area (Å²) in [6.07, 6.45) is 0.197. The van der Waals surface area contributed by atoms with Gasteiger partial charge in [0.2, 0.25) is 12.7 Å². The lowest BCUT2D eigenvalue weighted by Crippen LogP contribution is -2.37. The van der Waals surface area contributed by atoms with Gasteiger partial charge >= 0.3 is 5.97 Å². The first-order valence-electron chi connectivity index (χ1n) is 8.40. The Bertz CT molecular complexity index is 950. The van der Waals surface area contributed by atoms with Gasteiger partial charge in [0.25, 0.3) is 0 Å². The molecule has 130 valence electrons. The van der Waals surface area contributed by atoms with Crippen molar-refractivity contribution in [2.24, 2.45) is 0 Å². The van der Waals surface area contributed by atoms with Crippen LogP contribution < -0.4 is 14.4 Å². The summed E-state index contributed by atoms with van der Waals surface area (Å²) in [7, 11) is 0. The lowest BCUT2D eigenvalue weighted by Gasteiger charge is -2.31. The number of nitrogens with zero attached hydrogens (tertiary/aromatic N) is 1. The Hall–Kier alpha value is -3.28. The van der Waals surface area contributed by atoms with E-state index in [9.17, 15) is 9.59 Å². The Morgan fingerprint density at radius 3 is 2.58 bits per heavy atom. The van der Waals surface area contributed by atoms with Gasteiger partial charge < -0.3 is 14.2 Å². The van der Waals surface area contributed by atoms with Crippen LogP contribution in [0.2, 0.25) is 0 Å². The first kappa shape index (κ1) is 15.0. The predicted octanol–water partition coefficient (Wildman–Crippen LogP) is 2.75. The monoisotopic (exact) mass is 349 g/mol. The minimum absolute atomic E-state index is 0.0593. The average molecular weight is 349 g/mol. The molecule has 0 radical (unpaired) electrons. The average Bonchev–Trinajstić information content (AvgIpc) is 3.28. The van der Waals surface area contributed by atoms with E-state index in [1.54, 1.807) is 4.90 Å². The number of hydrogen-bond acceptors (Lipinski definition) is 5. The summed E-state index contributed by atoms with van der Waals surface area (Å²) in [6, 6.07) is 14.9. The summed E-state index contributed by atoms with van der Waals surface area (Å²) >= 11 is 0. The lowest BCUT2D eigenvalue weighted by molar-refractivity contribution is -0.136. The molecule has 0 N–H and O–H groups in total. The maximum Gasteiger partial charge on any atom is 0.336 e. The second kappa shape index (κ2) is 5.62. The minimum atomic E-state index is -0.365. The number of carbonyl (C=O) groups excluding carboxylic acids is 2. The maximum absolute atomic E-state index is 12.9. The van der Waals surface area contributed by atoms with Crippen LogP contribution in [0.3, 0.4) is 0 Å². The first-order valence-corrected chi connectivity index (χ1v) is 8.40. The van der Waals surface area contributed by atoms with Gasteiger partial charge in [0.15, 0.2) is 11.5 Å². The number of rotatable bonds is 2. The van der Waals surface area contributed by atoms with E-state index >= 15 is 0 Å². The van der Waals surface area contributed by atoms with Gasteiger partial charge in [-0.25, -0.2) is 4.79 Å². The summed E-state index contributed by atoms with van der Waals surface area (Å²) in [6.45, 7) is 0.288. The van der Waals surface area contributed by atoms with Gasteiger partial charge in [-0.2, -0.15) is 0 Å². The van der Waals surface area contributed by atoms with Crippen molar-refractivity contribution in [2.45, 2.75) is 12.3 Å². The number of anilines is 1. The number of hydrogen-bond donors (Lipinski definition) is 0. The van der Waals surface area contributed by atoms with Crippen LogP contribution >= 0.6 is 0 Å². The quantitative estimate of drug-likeness (QED) is 0.780. The Morgan fingerprint density at radius 2 is 1.73 bits per heavy atom. The Balaban J connectivity index is 1.61. The second-order valence-corrected chi connectivity index (χ2v) is 6.37. The van der Waals surface area contributed by atoms with Crippen molar-refractivity contribution in [1.82, 2.24) is 0 Å². The molecule has 0 bridgehead atoms. The lowest BCUT2D eigenvalue weighted by atomic mass is 9.84. The third-order valence-electron chi connectivity index (χ3n) is 4.93. The summed E-state index contributed by atoms with van der Waals surface area (Å²) in [5.74, 6) is 0.535. The zero-order valence-corrected chi connectivity index (χ0v) is 13.8. The Labute approximate surface area is 149 Å². The molecule has 0 aromatic heterocycles. The molecule has 0 aliphatic carbocycles. The van der Waals surface area contributed by atoms with Gasteiger partial charge in [-0.1, -0.05) is 24.3 Å². The van der Waals surface area contributed by atoms with Crippen molar-refractivity contribution in [3.05, 3.63) is 65.4 Å². The van der Waals surface area contributed by atoms with Gasteiger partial charge in [-0.05, 0) is 29.8 Å². The van der Waals surface area contributed by atoms with E-state index in [2.05, 4.69) is 0 Å². The topological polar surface area (TPSA) is 65.1 Å². The molecule has 5 rings (SSSR count). The molecule has 3 heterocycles. The molecule has 6 heteroatoms. The van der Waals surface area contributed by atoms with Crippen molar-refractivity contribution in [1.29, 1.82) is 0 Å². The summed E-state index contributed by atoms with van der Waals surface area (Å²) in [4.78, 5) is 27.0. The van der Waals surface area contributed by atoms with Crippen molar-refractivity contribution < 1.29 is 23.8 Å². The molecule has 2 aromatic carbocycles. The number of esters is 1. The van der Waals surface area contributed by atoms with E-state index < -0.39 is 0 Å². The van der Waals surface area contributed by atoms with E-state index in [0.29, 0.717) is 22.8 Å². The Morgan fingerprint density at radius 1 is 0.923 bits per heavy atom. The molecule has 0 saturated carbocycles. The van der Waals surface area contributed by atoms with Crippen molar-refractivity contribution in [3.8, 4) is 11.5 Å². The number of ether oxygens (including phenoxy) is 3. The highest BCUT2D eigenvalue weighted by atomic mass is 16.7. The fraction of sp³-hybridized carbons (Fsp3) is 0.200. The standard InChI is InChI=1S/C20H15NO5/c22-18-9-14(12-6-7-16-17(8-12)26-11-25-16)19-15(10-24-20(19)23)21(18)13-4-2-1-3-5-13/h1-8,14H,9-11H2/t14-/m1/s1. The SMILES string of the molecule is O=C1OCC2=C1[C@@H](c1ccc3c(c1)OCO3)CC(=O)N2c1ccccc1. The van der Waals surface area contributed by atoms with Gasteiger partial charge in [-0.3, -0.25) is 9.69 Å². The van der Waals surface area contributed by atoms with Crippen LogP contribution in [0.5, 0.6) is 11.5 Å². The van der Waals surface area contributed by atoms with Crippen molar-refractivity contribution in [3.63, 3.8) is 0 Å². The number of para-hydroxylation sites is 1. The summed E-state index contributed by atoms with van der Waals surface area (Å²) < 4.78 is 16.1. The van der Waals surface area contributed by atoms with Gasteiger partial charge in [0.05, 0.1) is 11.3 Å². The largest absolute Gasteiger partial charge is 0.456 e. The van der Waals surface area contributed by atoms with E-state index in [1.807, 2.05) is 48.5 Å². The third-order valence-corrected chi connectivity index (χ3v) is 4.93. The molecule has 1 atom stereocenters. The fourth-order valence-electron chi connectivity index (χ4n) is 3.75. The van der Waals surface area contributed by atoms with Crippen LogP contribution in [0.25, 0.3) is 0 Å². The highest BCUT2D eigenvalue weighted by molar-refractivity contribution is 6.06. The highest BCUT2D eigenvalue weighted by Crippen LogP contribution is 2.44. The Kier molecular flexibility index (Phi) is 3.25. The molecule has 0 unspecified atom stereocenters. The molecule has 6 nitrogen and oxygen atoms in total. The molecule has 3 aliphatic heterocycles. The maximum atomic E-state index is 12.9. The molecule has 1 amide bonds. The summed E-state index contributed by atoms with van der Waals surface area (Å²) in [5, 5.41) is 0. The smallest absolute Gasteiger partial charge is 0.336 e. The molecule has 0 saturated heterocycles. The molecule has 0 fully saturated rings. The van der Waals surface area contributed by atoms with E-state index in [0.717, 1.165) is 11.3 Å². The fourth-order valence-corrected chi connectivity index (χ4v) is 3.75. The number of cyclic esters (lactones) is 1. The van der Waals surface area contributed by atoms with Crippen LogP contribution in [0, 0.1) is 0 Å². The zero-order chi connectivity index (χ0) is 17.7.